The first-order valence-electron chi connectivity index (χ1n) is 10.1. The number of carbonyl (C=O) groups excluding carboxylic acids is 2. The normalized spacial score (nSPS) is 16.5. The maximum absolute atomic E-state index is 13.0. The van der Waals surface area contributed by atoms with Gasteiger partial charge in [-0.3, -0.25) is 14.3 Å². The number of aliphatic hydroxyl groups is 1. The molecule has 0 radical (unpaired) electrons. The maximum Gasteiger partial charge on any atom is 0.272 e. The third-order valence-electron chi connectivity index (χ3n) is 5.47. The van der Waals surface area contributed by atoms with Crippen molar-refractivity contribution < 1.29 is 19.4 Å². The minimum absolute atomic E-state index is 0.116. The number of nitrogens with zero attached hydrogens (tertiary/aromatic N) is 5. The van der Waals surface area contributed by atoms with E-state index in [1.54, 1.807) is 42.0 Å². The molecule has 1 N–H and O–H groups in total. The molecule has 2 amide bonds. The predicted molar refractivity (Wildman–Crippen MR) is 114 cm³/mol. The molecule has 1 aromatic carbocycles. The summed E-state index contributed by atoms with van der Waals surface area (Å²) in [4.78, 5) is 33.9. The molecule has 31 heavy (non-hydrogen) atoms. The van der Waals surface area contributed by atoms with Crippen LogP contribution in [0.4, 0.5) is 0 Å². The van der Waals surface area contributed by atoms with Crippen LogP contribution in [0, 0.1) is 0 Å². The van der Waals surface area contributed by atoms with Crippen LogP contribution in [-0.4, -0.2) is 81.4 Å². The van der Waals surface area contributed by atoms with Gasteiger partial charge in [0, 0.05) is 38.8 Å². The molecule has 162 valence electrons. The lowest BCUT2D eigenvalue weighted by Gasteiger charge is -2.33. The number of hydrogen-bond acceptors (Lipinski definition) is 6. The fourth-order valence-corrected chi connectivity index (χ4v) is 3.75. The van der Waals surface area contributed by atoms with Crippen LogP contribution in [0.2, 0.25) is 0 Å². The average Bonchev–Trinajstić information content (AvgIpc) is 3.23. The Morgan fingerprint density at radius 3 is 2.84 bits per heavy atom. The topological polar surface area (TPSA) is 101 Å². The van der Waals surface area contributed by atoms with E-state index < -0.39 is 6.10 Å². The summed E-state index contributed by atoms with van der Waals surface area (Å²) in [5.41, 5.74) is 2.28. The van der Waals surface area contributed by atoms with Crippen molar-refractivity contribution in [2.24, 2.45) is 7.05 Å². The van der Waals surface area contributed by atoms with Crippen LogP contribution in [0.1, 0.15) is 32.6 Å². The molecule has 0 aliphatic carbocycles. The van der Waals surface area contributed by atoms with Gasteiger partial charge in [-0.2, -0.15) is 5.10 Å². The quantitative estimate of drug-likeness (QED) is 0.663. The van der Waals surface area contributed by atoms with Crippen LogP contribution >= 0.6 is 0 Å². The van der Waals surface area contributed by atoms with Gasteiger partial charge in [0.15, 0.2) is 0 Å². The first-order valence-corrected chi connectivity index (χ1v) is 10.1. The molecule has 2 aromatic heterocycles. The van der Waals surface area contributed by atoms with Gasteiger partial charge in [0.05, 0.1) is 36.5 Å². The Morgan fingerprint density at radius 1 is 1.29 bits per heavy atom. The summed E-state index contributed by atoms with van der Waals surface area (Å²) < 4.78 is 7.49. The maximum atomic E-state index is 13.0. The predicted octanol–water partition coefficient (Wildman–Crippen LogP) is 1.25. The monoisotopic (exact) mass is 423 g/mol. The minimum Gasteiger partial charge on any atom is -0.395 e. The Morgan fingerprint density at radius 2 is 2.10 bits per heavy atom. The second-order valence-corrected chi connectivity index (χ2v) is 7.51. The zero-order chi connectivity index (χ0) is 22.0. The van der Waals surface area contributed by atoms with Crippen LogP contribution in [0.5, 0.6) is 0 Å². The number of morpholine rings is 1. The third kappa shape index (κ3) is 4.14. The third-order valence-corrected chi connectivity index (χ3v) is 5.47. The number of carbonyl (C=O) groups is 2. The molecule has 4 rings (SSSR count). The van der Waals surface area contributed by atoms with E-state index in [0.717, 1.165) is 5.39 Å². The van der Waals surface area contributed by atoms with E-state index in [4.69, 9.17) is 9.72 Å². The highest BCUT2D eigenvalue weighted by molar-refractivity contribution is 6.06. The first kappa shape index (κ1) is 21.0. The summed E-state index contributed by atoms with van der Waals surface area (Å²) in [7, 11) is 3.38. The van der Waals surface area contributed by atoms with Crippen LogP contribution < -0.4 is 0 Å². The van der Waals surface area contributed by atoms with E-state index in [1.165, 1.54) is 4.90 Å². The van der Waals surface area contributed by atoms with Gasteiger partial charge in [-0.1, -0.05) is 18.2 Å². The largest absolute Gasteiger partial charge is 0.395 e. The first-order chi connectivity index (χ1) is 15.0. The molecule has 1 atom stereocenters. The molecule has 1 aliphatic rings. The van der Waals surface area contributed by atoms with Gasteiger partial charge < -0.3 is 19.6 Å². The van der Waals surface area contributed by atoms with E-state index in [-0.39, 0.29) is 25.0 Å². The lowest BCUT2D eigenvalue weighted by Crippen LogP contribution is -2.43. The van der Waals surface area contributed by atoms with Crippen molar-refractivity contribution >= 4 is 22.7 Å². The number of aliphatic hydroxyl groups excluding tert-OH is 1. The minimum atomic E-state index is -0.453. The van der Waals surface area contributed by atoms with E-state index >= 15 is 0 Å². The number of pyridine rings is 1. The van der Waals surface area contributed by atoms with Crippen LogP contribution in [0.3, 0.4) is 0 Å². The summed E-state index contributed by atoms with van der Waals surface area (Å²) >= 11 is 0. The Bertz CT molecular complexity index is 1110. The van der Waals surface area contributed by atoms with E-state index in [1.807, 2.05) is 24.3 Å². The number of aromatic nitrogens is 3. The fraction of sp³-hybridized carbons (Fsp3) is 0.364. The molecule has 1 aliphatic heterocycles. The van der Waals surface area contributed by atoms with Gasteiger partial charge in [-0.05, 0) is 18.2 Å². The van der Waals surface area contributed by atoms with Crippen molar-refractivity contribution in [2.75, 3.05) is 39.9 Å². The SMILES string of the molecule is CN(CCO)C(=O)c1cc(C2CN(C(=O)c3ccnn3C)CCO2)nc2ccccc12. The zero-order valence-electron chi connectivity index (χ0n) is 17.6. The van der Waals surface area contributed by atoms with Crippen LogP contribution in [-0.2, 0) is 11.8 Å². The lowest BCUT2D eigenvalue weighted by atomic mass is 10.0. The highest BCUT2D eigenvalue weighted by atomic mass is 16.5. The number of rotatable bonds is 5. The summed E-state index contributed by atoms with van der Waals surface area (Å²) in [6.45, 7) is 1.29. The number of para-hydroxylation sites is 1. The molecule has 1 unspecified atom stereocenters. The van der Waals surface area contributed by atoms with Crippen LogP contribution in [0.25, 0.3) is 10.9 Å². The highest BCUT2D eigenvalue weighted by Crippen LogP contribution is 2.27. The average molecular weight is 423 g/mol. The Balaban J connectivity index is 1.66. The van der Waals surface area contributed by atoms with Crippen molar-refractivity contribution in [2.45, 2.75) is 6.10 Å². The molecule has 3 aromatic rings. The molecule has 0 saturated carbocycles. The molecule has 9 nitrogen and oxygen atoms in total. The van der Waals surface area contributed by atoms with E-state index in [0.29, 0.717) is 42.2 Å². The number of hydrogen-bond donors (Lipinski definition) is 1. The molecule has 9 heteroatoms. The summed E-state index contributed by atoms with van der Waals surface area (Å²) in [6, 6.07) is 10.9. The van der Waals surface area contributed by atoms with Crippen molar-refractivity contribution in [1.82, 2.24) is 24.6 Å². The summed E-state index contributed by atoms with van der Waals surface area (Å²) in [5, 5.41) is 14.0. The molecule has 1 fully saturated rings. The Labute approximate surface area is 179 Å². The second-order valence-electron chi connectivity index (χ2n) is 7.51. The fourth-order valence-electron chi connectivity index (χ4n) is 3.75. The Hall–Kier alpha value is -3.30. The van der Waals surface area contributed by atoms with Gasteiger partial charge in [0.2, 0.25) is 0 Å². The number of ether oxygens (including phenoxy) is 1. The van der Waals surface area contributed by atoms with Gasteiger partial charge >= 0.3 is 0 Å². The van der Waals surface area contributed by atoms with Crippen LogP contribution in [0.15, 0.2) is 42.6 Å². The van der Waals surface area contributed by atoms with Gasteiger partial charge in [-0.15, -0.1) is 0 Å². The van der Waals surface area contributed by atoms with E-state index in [2.05, 4.69) is 5.10 Å². The molecule has 1 saturated heterocycles. The number of benzene rings is 1. The van der Waals surface area contributed by atoms with Gasteiger partial charge in [-0.25, -0.2) is 4.98 Å². The van der Waals surface area contributed by atoms with Crippen molar-refractivity contribution in [3.63, 3.8) is 0 Å². The standard InChI is InChI=1S/C22H25N5O4/c1-25(9-11-28)21(29)16-13-18(24-17-6-4-3-5-15(16)17)20-14-27(10-12-31-20)22(30)19-7-8-23-26(19)2/h3-8,13,20,28H,9-12,14H2,1-2H3. The van der Waals surface area contributed by atoms with Gasteiger partial charge in [0.1, 0.15) is 11.8 Å². The van der Waals surface area contributed by atoms with E-state index in [9.17, 15) is 14.7 Å². The molecule has 0 bridgehead atoms. The van der Waals surface area contributed by atoms with Crippen molar-refractivity contribution in [1.29, 1.82) is 0 Å². The number of fused-ring (bicyclic) bond motifs is 1. The molecule has 3 heterocycles. The number of likely N-dealkylation sites (N-methyl/N-ethyl adjacent to an activating group) is 1. The molecular formula is C22H25N5O4. The highest BCUT2D eigenvalue weighted by Gasteiger charge is 2.29. The summed E-state index contributed by atoms with van der Waals surface area (Å²) in [5.74, 6) is -0.319. The van der Waals surface area contributed by atoms with Crippen molar-refractivity contribution in [3.05, 3.63) is 59.5 Å². The van der Waals surface area contributed by atoms with Gasteiger partial charge in [0.25, 0.3) is 11.8 Å². The Kier molecular flexibility index (Phi) is 5.97. The molecule has 0 spiro atoms. The lowest BCUT2D eigenvalue weighted by molar-refractivity contribution is -0.0249. The zero-order valence-corrected chi connectivity index (χ0v) is 17.6. The number of amides is 2. The smallest absolute Gasteiger partial charge is 0.272 e. The molecular weight excluding hydrogens is 398 g/mol. The second kappa shape index (κ2) is 8.83. The van der Waals surface area contributed by atoms with Crippen molar-refractivity contribution in [3.8, 4) is 0 Å². The summed E-state index contributed by atoms with van der Waals surface area (Å²) in [6.07, 6.45) is 1.14. The number of aryl methyl sites for hydroxylation is 1.